The van der Waals surface area contributed by atoms with Gasteiger partial charge in [-0.2, -0.15) is 5.10 Å². The van der Waals surface area contributed by atoms with Gasteiger partial charge in [-0.25, -0.2) is 0 Å². The van der Waals surface area contributed by atoms with Gasteiger partial charge >= 0.3 is 0 Å². The fourth-order valence-corrected chi connectivity index (χ4v) is 2.05. The van der Waals surface area contributed by atoms with Crippen molar-refractivity contribution in [2.45, 2.75) is 0 Å². The van der Waals surface area contributed by atoms with Gasteiger partial charge in [0, 0.05) is 21.1 Å². The molecule has 1 heterocycles. The zero-order valence-electron chi connectivity index (χ0n) is 7.09. The van der Waals surface area contributed by atoms with Crippen molar-refractivity contribution >= 4 is 33.3 Å². The number of nitrogens with zero attached hydrogens (tertiary/aromatic N) is 1. The number of hydrogen-bond acceptors (Lipinski definition) is 2. The quantitative estimate of drug-likeness (QED) is 0.838. The third-order valence-corrected chi connectivity index (χ3v) is 2.45. The van der Waals surface area contributed by atoms with Gasteiger partial charge in [-0.15, -0.1) is 0 Å². The van der Waals surface area contributed by atoms with E-state index < -0.39 is 0 Å². The molecule has 0 fully saturated rings. The third kappa shape index (κ3) is 1.91. The second-order valence-electron chi connectivity index (χ2n) is 2.86. The second kappa shape index (κ2) is 3.63. The largest absolute Gasteiger partial charge is 0.382 e. The van der Waals surface area contributed by atoms with E-state index in [1.165, 1.54) is 0 Å². The molecule has 2 aromatic rings. The summed E-state index contributed by atoms with van der Waals surface area (Å²) in [5, 5.41) is 7.34. The summed E-state index contributed by atoms with van der Waals surface area (Å²) in [4.78, 5) is 0. The van der Waals surface area contributed by atoms with Crippen LogP contribution in [-0.4, -0.2) is 10.2 Å². The minimum absolute atomic E-state index is 0.469. The molecule has 0 amide bonds. The molecule has 0 aliphatic heterocycles. The standard InChI is InChI=1S/C9H7BrClN3/c10-6-1-5(2-7(11)3-6)8-4-9(12)14-13-8/h1-4H,(H3,12,13,14). The van der Waals surface area contributed by atoms with E-state index in [2.05, 4.69) is 26.1 Å². The van der Waals surface area contributed by atoms with Crippen LogP contribution in [0, 0.1) is 0 Å². The Bertz CT molecular complexity index is 447. The Labute approximate surface area is 94.4 Å². The van der Waals surface area contributed by atoms with Crippen molar-refractivity contribution in [1.29, 1.82) is 0 Å². The highest BCUT2D eigenvalue weighted by Crippen LogP contribution is 2.26. The van der Waals surface area contributed by atoms with Crippen LogP contribution < -0.4 is 5.73 Å². The Balaban J connectivity index is 2.51. The number of halogens is 2. The topological polar surface area (TPSA) is 54.7 Å². The third-order valence-electron chi connectivity index (χ3n) is 1.77. The van der Waals surface area contributed by atoms with Crippen LogP contribution in [0.1, 0.15) is 0 Å². The summed E-state index contributed by atoms with van der Waals surface area (Å²) in [5.41, 5.74) is 7.31. The molecule has 0 aliphatic carbocycles. The van der Waals surface area contributed by atoms with E-state index in [1.807, 2.05) is 18.2 Å². The summed E-state index contributed by atoms with van der Waals surface area (Å²) < 4.78 is 0.924. The first-order valence-corrected chi connectivity index (χ1v) is 5.09. The molecule has 0 unspecified atom stereocenters. The summed E-state index contributed by atoms with van der Waals surface area (Å²) in [5.74, 6) is 0.469. The Morgan fingerprint density at radius 3 is 2.64 bits per heavy atom. The van der Waals surface area contributed by atoms with Gasteiger partial charge in [-0.05, 0) is 18.2 Å². The molecule has 5 heteroatoms. The van der Waals surface area contributed by atoms with Gasteiger partial charge in [0.25, 0.3) is 0 Å². The van der Waals surface area contributed by atoms with Gasteiger partial charge in [0.05, 0.1) is 5.69 Å². The highest BCUT2D eigenvalue weighted by Gasteiger charge is 2.03. The maximum absolute atomic E-state index is 5.91. The molecule has 0 saturated carbocycles. The summed E-state index contributed by atoms with van der Waals surface area (Å²) in [7, 11) is 0. The number of aromatic amines is 1. The number of nitrogen functional groups attached to an aromatic ring is 1. The number of aromatic nitrogens is 2. The smallest absolute Gasteiger partial charge is 0.145 e. The van der Waals surface area contributed by atoms with Crippen LogP contribution in [0.2, 0.25) is 5.02 Å². The number of benzene rings is 1. The summed E-state index contributed by atoms with van der Waals surface area (Å²) in [6.45, 7) is 0. The van der Waals surface area contributed by atoms with Gasteiger partial charge < -0.3 is 5.73 Å². The molecule has 0 radical (unpaired) electrons. The Kier molecular flexibility index (Phi) is 2.48. The lowest BCUT2D eigenvalue weighted by Gasteiger charge is -1.99. The number of anilines is 1. The minimum Gasteiger partial charge on any atom is -0.382 e. The normalized spacial score (nSPS) is 10.4. The maximum atomic E-state index is 5.91. The van der Waals surface area contributed by atoms with Gasteiger partial charge in [0.2, 0.25) is 0 Å². The molecule has 3 nitrogen and oxygen atoms in total. The second-order valence-corrected chi connectivity index (χ2v) is 4.22. The Morgan fingerprint density at radius 1 is 1.29 bits per heavy atom. The van der Waals surface area contributed by atoms with E-state index in [4.69, 9.17) is 17.3 Å². The monoisotopic (exact) mass is 271 g/mol. The molecule has 14 heavy (non-hydrogen) atoms. The molecule has 0 aliphatic rings. The molecular weight excluding hydrogens is 265 g/mol. The summed E-state index contributed by atoms with van der Waals surface area (Å²) in [6.07, 6.45) is 0. The Hall–Kier alpha value is -1.00. The number of rotatable bonds is 1. The molecule has 1 aromatic heterocycles. The van der Waals surface area contributed by atoms with Crippen molar-refractivity contribution in [3.8, 4) is 11.3 Å². The lowest BCUT2D eigenvalue weighted by atomic mass is 10.1. The van der Waals surface area contributed by atoms with Crippen LogP contribution in [0.25, 0.3) is 11.3 Å². The van der Waals surface area contributed by atoms with Gasteiger partial charge in [0.15, 0.2) is 0 Å². The summed E-state index contributed by atoms with van der Waals surface area (Å²) in [6, 6.07) is 7.38. The number of nitrogens with one attached hydrogen (secondary N) is 1. The molecule has 2 rings (SSSR count). The van der Waals surface area contributed by atoms with E-state index in [-0.39, 0.29) is 0 Å². The lowest BCUT2D eigenvalue weighted by molar-refractivity contribution is 1.10. The van der Waals surface area contributed by atoms with Crippen molar-refractivity contribution in [3.63, 3.8) is 0 Å². The summed E-state index contributed by atoms with van der Waals surface area (Å²) >= 11 is 9.28. The Morgan fingerprint density at radius 2 is 2.07 bits per heavy atom. The van der Waals surface area contributed by atoms with Crippen LogP contribution in [0.4, 0.5) is 5.82 Å². The number of hydrogen-bond donors (Lipinski definition) is 2. The molecule has 0 atom stereocenters. The number of nitrogens with two attached hydrogens (primary N) is 1. The first kappa shape index (κ1) is 9.55. The average Bonchev–Trinajstić information content (AvgIpc) is 2.50. The van der Waals surface area contributed by atoms with Gasteiger partial charge in [0.1, 0.15) is 5.82 Å². The van der Waals surface area contributed by atoms with E-state index in [9.17, 15) is 0 Å². The van der Waals surface area contributed by atoms with E-state index in [0.29, 0.717) is 10.8 Å². The average molecular weight is 273 g/mol. The van der Waals surface area contributed by atoms with Crippen molar-refractivity contribution in [2.24, 2.45) is 0 Å². The minimum atomic E-state index is 0.469. The van der Waals surface area contributed by atoms with E-state index in [1.54, 1.807) is 6.07 Å². The zero-order valence-corrected chi connectivity index (χ0v) is 9.43. The van der Waals surface area contributed by atoms with Crippen LogP contribution in [0.15, 0.2) is 28.7 Å². The molecule has 0 bridgehead atoms. The maximum Gasteiger partial charge on any atom is 0.145 e. The van der Waals surface area contributed by atoms with Gasteiger partial charge in [-0.3, -0.25) is 5.10 Å². The molecular formula is C9H7BrClN3. The fraction of sp³-hybridized carbons (Fsp3) is 0. The SMILES string of the molecule is Nc1cc(-c2cc(Cl)cc(Br)c2)[nH]n1. The highest BCUT2D eigenvalue weighted by atomic mass is 79.9. The zero-order chi connectivity index (χ0) is 10.1. The van der Waals surface area contributed by atoms with E-state index >= 15 is 0 Å². The van der Waals surface area contributed by atoms with Crippen molar-refractivity contribution in [2.75, 3.05) is 5.73 Å². The van der Waals surface area contributed by atoms with Crippen molar-refractivity contribution < 1.29 is 0 Å². The van der Waals surface area contributed by atoms with Crippen LogP contribution in [0.5, 0.6) is 0 Å². The predicted octanol–water partition coefficient (Wildman–Crippen LogP) is 3.07. The first-order valence-electron chi connectivity index (χ1n) is 3.92. The van der Waals surface area contributed by atoms with Gasteiger partial charge in [-0.1, -0.05) is 27.5 Å². The molecule has 0 spiro atoms. The number of H-pyrrole nitrogens is 1. The highest BCUT2D eigenvalue weighted by molar-refractivity contribution is 9.10. The van der Waals surface area contributed by atoms with E-state index in [0.717, 1.165) is 15.7 Å². The molecule has 0 saturated heterocycles. The predicted molar refractivity (Wildman–Crippen MR) is 61.1 cm³/mol. The van der Waals surface area contributed by atoms with Crippen molar-refractivity contribution in [3.05, 3.63) is 33.8 Å². The van der Waals surface area contributed by atoms with Crippen LogP contribution in [0.3, 0.4) is 0 Å². The fourth-order valence-electron chi connectivity index (χ4n) is 1.19. The van der Waals surface area contributed by atoms with Crippen molar-refractivity contribution in [1.82, 2.24) is 10.2 Å². The molecule has 3 N–H and O–H groups in total. The molecule has 1 aromatic carbocycles. The van der Waals surface area contributed by atoms with Crippen LogP contribution in [-0.2, 0) is 0 Å². The first-order chi connectivity index (χ1) is 6.65. The van der Waals surface area contributed by atoms with Crippen LogP contribution >= 0.6 is 27.5 Å². The lowest BCUT2D eigenvalue weighted by Crippen LogP contribution is -1.81. The molecule has 72 valence electrons.